The summed E-state index contributed by atoms with van der Waals surface area (Å²) in [6.45, 7) is 0.682. The minimum absolute atomic E-state index is 0.0231. The Kier molecular flexibility index (Phi) is 5.43. The first-order valence-electron chi connectivity index (χ1n) is 8.15. The minimum Gasteiger partial charge on any atom is -0.343 e. The van der Waals surface area contributed by atoms with Gasteiger partial charge in [-0.3, -0.25) is 19.6 Å². The van der Waals surface area contributed by atoms with E-state index in [2.05, 4.69) is 31.2 Å². The van der Waals surface area contributed by atoms with Gasteiger partial charge >= 0.3 is 0 Å². The number of hydrogen-bond donors (Lipinski definition) is 1. The molecule has 1 aliphatic rings. The summed E-state index contributed by atoms with van der Waals surface area (Å²) in [5.41, 5.74) is 1.23. The normalized spacial score (nSPS) is 17.4. The number of halogens is 1. The Morgan fingerprint density at radius 2 is 2.28 bits per heavy atom. The molecule has 1 unspecified atom stereocenters. The Labute approximate surface area is 154 Å². The minimum atomic E-state index is -0.279. The zero-order valence-electron chi connectivity index (χ0n) is 13.9. The summed E-state index contributed by atoms with van der Waals surface area (Å²) in [6, 6.07) is 7.28. The molecule has 1 saturated heterocycles. The van der Waals surface area contributed by atoms with Crippen molar-refractivity contribution >= 4 is 44.9 Å². The molecule has 2 heterocycles. The lowest BCUT2D eigenvalue weighted by Crippen LogP contribution is -2.43. The fourth-order valence-electron chi connectivity index (χ4n) is 3.12. The molecule has 1 fully saturated rings. The van der Waals surface area contributed by atoms with Gasteiger partial charge in [-0.15, -0.1) is 0 Å². The number of carbonyl (C=O) groups excluding carboxylic acids is 2. The van der Waals surface area contributed by atoms with Gasteiger partial charge in [0.25, 0.3) is 5.91 Å². The molecule has 0 radical (unpaired) electrons. The van der Waals surface area contributed by atoms with Gasteiger partial charge < -0.3 is 10.2 Å². The molecular formula is C18H19BrN4O2. The first-order valence-corrected chi connectivity index (χ1v) is 8.94. The van der Waals surface area contributed by atoms with Crippen molar-refractivity contribution in [2.75, 3.05) is 20.1 Å². The number of amides is 2. The Morgan fingerprint density at radius 1 is 1.44 bits per heavy atom. The van der Waals surface area contributed by atoms with Crippen LogP contribution in [0, 0.1) is 0 Å². The molecule has 3 rings (SSSR count). The number of benzene rings is 1. The van der Waals surface area contributed by atoms with Crippen LogP contribution in [0.5, 0.6) is 0 Å². The second-order valence-electron chi connectivity index (χ2n) is 5.88. The number of hydrogen-bond acceptors (Lipinski definition) is 4. The summed E-state index contributed by atoms with van der Waals surface area (Å²) < 4.78 is 0.828. The van der Waals surface area contributed by atoms with Gasteiger partial charge in [0.2, 0.25) is 5.91 Å². The van der Waals surface area contributed by atoms with Crippen LogP contribution in [-0.2, 0) is 4.79 Å². The second-order valence-corrected chi connectivity index (χ2v) is 6.74. The number of nitrogens with one attached hydrogen (secondary N) is 1. The number of rotatable bonds is 4. The van der Waals surface area contributed by atoms with Crippen molar-refractivity contribution in [3.8, 4) is 0 Å². The molecule has 1 aliphatic heterocycles. The summed E-state index contributed by atoms with van der Waals surface area (Å²) in [7, 11) is 1.70. The molecule has 0 aliphatic carbocycles. The second kappa shape index (κ2) is 7.74. The lowest BCUT2D eigenvalue weighted by atomic mass is 10.1. The van der Waals surface area contributed by atoms with E-state index in [9.17, 15) is 9.59 Å². The van der Waals surface area contributed by atoms with Crippen LogP contribution in [0.25, 0.3) is 10.9 Å². The molecule has 0 spiro atoms. The Balaban J connectivity index is 1.71. The van der Waals surface area contributed by atoms with Gasteiger partial charge in [-0.25, -0.2) is 0 Å². The molecule has 2 amide bonds. The maximum atomic E-state index is 12.5. The average molecular weight is 403 g/mol. The van der Waals surface area contributed by atoms with Crippen LogP contribution in [0.1, 0.15) is 23.2 Å². The van der Waals surface area contributed by atoms with Crippen LogP contribution >= 0.6 is 15.9 Å². The van der Waals surface area contributed by atoms with E-state index in [4.69, 9.17) is 0 Å². The highest BCUT2D eigenvalue weighted by Crippen LogP contribution is 2.24. The molecule has 7 heteroatoms. The standard InChI is InChI=1S/C18H19BrN4O2/c1-20-10-12-4-3-9-23(12)16(24)11-22-18(25)14-7-8-21-17-13(14)5-2-6-15(17)19/h2,5-8,10,12H,3-4,9,11H2,1H3,(H,22,25). The van der Waals surface area contributed by atoms with E-state index in [1.807, 2.05) is 18.2 Å². The fraction of sp³-hybridized carbons (Fsp3) is 0.333. The van der Waals surface area contributed by atoms with Gasteiger partial charge in [-0.1, -0.05) is 12.1 Å². The van der Waals surface area contributed by atoms with Crippen molar-refractivity contribution in [3.05, 3.63) is 40.5 Å². The molecule has 130 valence electrons. The number of nitrogens with zero attached hydrogens (tertiary/aromatic N) is 3. The number of fused-ring (bicyclic) bond motifs is 1. The van der Waals surface area contributed by atoms with Gasteiger partial charge in [0, 0.05) is 35.9 Å². The first-order chi connectivity index (χ1) is 12.1. The molecule has 1 atom stereocenters. The molecule has 1 aromatic heterocycles. The van der Waals surface area contributed by atoms with Crippen molar-refractivity contribution < 1.29 is 9.59 Å². The van der Waals surface area contributed by atoms with Crippen molar-refractivity contribution in [3.63, 3.8) is 0 Å². The van der Waals surface area contributed by atoms with E-state index in [1.165, 1.54) is 0 Å². The number of aromatic nitrogens is 1. The lowest BCUT2D eigenvalue weighted by Gasteiger charge is -2.21. The number of likely N-dealkylation sites (tertiary alicyclic amines) is 1. The van der Waals surface area contributed by atoms with Gasteiger partial charge in [-0.05, 0) is 40.9 Å². The molecular weight excluding hydrogens is 384 g/mol. The predicted octanol–water partition coefficient (Wildman–Crippen LogP) is 2.42. The van der Waals surface area contributed by atoms with Crippen LogP contribution in [-0.4, -0.2) is 54.1 Å². The third-order valence-electron chi connectivity index (χ3n) is 4.31. The predicted molar refractivity (Wildman–Crippen MR) is 101 cm³/mol. The highest BCUT2D eigenvalue weighted by molar-refractivity contribution is 9.10. The average Bonchev–Trinajstić information content (AvgIpc) is 3.08. The van der Waals surface area contributed by atoms with Gasteiger partial charge in [-0.2, -0.15) is 0 Å². The third kappa shape index (κ3) is 3.71. The molecule has 6 nitrogen and oxygen atoms in total. The highest BCUT2D eigenvalue weighted by Gasteiger charge is 2.27. The highest BCUT2D eigenvalue weighted by atomic mass is 79.9. The summed E-state index contributed by atoms with van der Waals surface area (Å²) in [6.07, 6.45) is 5.26. The monoisotopic (exact) mass is 402 g/mol. The number of para-hydroxylation sites is 1. The largest absolute Gasteiger partial charge is 0.343 e. The summed E-state index contributed by atoms with van der Waals surface area (Å²) in [4.78, 5) is 35.0. The maximum absolute atomic E-state index is 12.5. The van der Waals surface area contributed by atoms with E-state index in [0.717, 1.165) is 28.2 Å². The van der Waals surface area contributed by atoms with Crippen LogP contribution in [0.3, 0.4) is 0 Å². The Bertz CT molecular complexity index is 837. The van der Waals surface area contributed by atoms with Crippen LogP contribution in [0.2, 0.25) is 0 Å². The van der Waals surface area contributed by atoms with Crippen LogP contribution < -0.4 is 5.32 Å². The van der Waals surface area contributed by atoms with E-state index in [0.29, 0.717) is 12.1 Å². The number of carbonyl (C=O) groups is 2. The molecule has 0 saturated carbocycles. The molecule has 2 aromatic rings. The van der Waals surface area contributed by atoms with E-state index in [-0.39, 0.29) is 24.4 Å². The molecule has 0 bridgehead atoms. The Hall–Kier alpha value is -2.28. The zero-order chi connectivity index (χ0) is 17.8. The summed E-state index contributed by atoms with van der Waals surface area (Å²) in [5, 5.41) is 3.48. The smallest absolute Gasteiger partial charge is 0.252 e. The lowest BCUT2D eigenvalue weighted by molar-refractivity contribution is -0.129. The zero-order valence-corrected chi connectivity index (χ0v) is 15.5. The van der Waals surface area contributed by atoms with Crippen molar-refractivity contribution in [1.29, 1.82) is 0 Å². The van der Waals surface area contributed by atoms with Gasteiger partial charge in [0.05, 0.1) is 23.7 Å². The summed E-state index contributed by atoms with van der Waals surface area (Å²) >= 11 is 3.44. The SMILES string of the molecule is CN=CC1CCCN1C(=O)CNC(=O)c1ccnc2c(Br)cccc12. The molecule has 25 heavy (non-hydrogen) atoms. The number of pyridine rings is 1. The first kappa shape index (κ1) is 17.5. The Morgan fingerprint density at radius 3 is 3.08 bits per heavy atom. The van der Waals surface area contributed by atoms with Crippen LogP contribution in [0.15, 0.2) is 39.9 Å². The number of aliphatic imine (C=N–C) groups is 1. The van der Waals surface area contributed by atoms with Crippen molar-refractivity contribution in [2.24, 2.45) is 4.99 Å². The third-order valence-corrected chi connectivity index (χ3v) is 4.95. The quantitative estimate of drug-likeness (QED) is 0.797. The molecule has 1 aromatic carbocycles. The van der Waals surface area contributed by atoms with Crippen LogP contribution in [0.4, 0.5) is 0 Å². The van der Waals surface area contributed by atoms with Crippen molar-refractivity contribution in [1.82, 2.24) is 15.2 Å². The van der Waals surface area contributed by atoms with E-state index in [1.54, 1.807) is 30.4 Å². The van der Waals surface area contributed by atoms with E-state index < -0.39 is 0 Å². The van der Waals surface area contributed by atoms with E-state index >= 15 is 0 Å². The van der Waals surface area contributed by atoms with Crippen molar-refractivity contribution in [2.45, 2.75) is 18.9 Å². The summed E-state index contributed by atoms with van der Waals surface area (Å²) in [5.74, 6) is -0.367. The topological polar surface area (TPSA) is 74.7 Å². The fourth-order valence-corrected chi connectivity index (χ4v) is 3.59. The van der Waals surface area contributed by atoms with Gasteiger partial charge in [0.15, 0.2) is 0 Å². The van der Waals surface area contributed by atoms with Gasteiger partial charge in [0.1, 0.15) is 0 Å². The maximum Gasteiger partial charge on any atom is 0.252 e. The molecule has 1 N–H and O–H groups in total.